The third kappa shape index (κ3) is 7.31. The summed E-state index contributed by atoms with van der Waals surface area (Å²) in [6.45, 7) is 6.68. The number of carbonyl (C=O) groups is 1. The van der Waals surface area contributed by atoms with Crippen molar-refractivity contribution in [3.63, 3.8) is 0 Å². The van der Waals surface area contributed by atoms with Crippen LogP contribution in [0.5, 0.6) is 5.75 Å². The zero-order valence-electron chi connectivity index (χ0n) is 24.1. The highest BCUT2D eigenvalue weighted by molar-refractivity contribution is 7.70. The average Bonchev–Trinajstić information content (AvgIpc) is 3.41. The molecule has 1 aliphatic rings. The SMILES string of the molecule is CC#CC(=O)Nc1cc(Nc2ncc(Cl)c(Nc3ccccc3P(C)(C)=O)n2)c(OC)cc1N1CCC(N(C)C)C1. The Balaban J connectivity index is 1.69. The Labute approximate surface area is 246 Å². The van der Waals surface area contributed by atoms with Crippen molar-refractivity contribution in [3.05, 3.63) is 47.6 Å². The van der Waals surface area contributed by atoms with E-state index >= 15 is 0 Å². The lowest BCUT2D eigenvalue weighted by Crippen LogP contribution is -2.31. The van der Waals surface area contributed by atoms with Gasteiger partial charge >= 0.3 is 0 Å². The standard InChI is InChI=1S/C29H35ClN7O3P/c1-7-10-27(38)32-22-15-23(25(40-4)16-24(22)37-14-13-19(18-37)36(2)3)34-29-31-17-20(30)28(35-29)33-21-11-8-9-12-26(21)41(5,6)39/h8-9,11-12,15-17,19H,13-14,18H2,1-6H3,(H,32,38)(H2,31,33,34,35). The van der Waals surface area contributed by atoms with Gasteiger partial charge in [0.1, 0.15) is 17.9 Å². The Morgan fingerprint density at radius 3 is 2.59 bits per heavy atom. The van der Waals surface area contributed by atoms with Gasteiger partial charge in [0.25, 0.3) is 5.91 Å². The van der Waals surface area contributed by atoms with E-state index in [-0.39, 0.29) is 5.95 Å². The van der Waals surface area contributed by atoms with Gasteiger partial charge in [0.15, 0.2) is 5.82 Å². The van der Waals surface area contributed by atoms with Crippen LogP contribution in [0.4, 0.5) is 34.5 Å². The van der Waals surface area contributed by atoms with Crippen molar-refractivity contribution in [2.45, 2.75) is 19.4 Å². The zero-order chi connectivity index (χ0) is 29.7. The zero-order valence-corrected chi connectivity index (χ0v) is 25.7. The van der Waals surface area contributed by atoms with E-state index in [0.29, 0.717) is 45.0 Å². The fourth-order valence-electron chi connectivity index (χ4n) is 4.66. The maximum Gasteiger partial charge on any atom is 0.300 e. The molecule has 0 radical (unpaired) electrons. The molecule has 1 fully saturated rings. The van der Waals surface area contributed by atoms with Gasteiger partial charge in [-0.05, 0) is 64.9 Å². The van der Waals surface area contributed by atoms with Crippen molar-refractivity contribution >= 4 is 64.5 Å². The second-order valence-electron chi connectivity index (χ2n) is 10.3. The van der Waals surface area contributed by atoms with Gasteiger partial charge in [0.2, 0.25) is 5.95 Å². The third-order valence-electron chi connectivity index (χ3n) is 6.77. The number of rotatable bonds is 9. The number of hydrogen-bond donors (Lipinski definition) is 3. The van der Waals surface area contributed by atoms with Crippen molar-refractivity contribution in [1.29, 1.82) is 0 Å². The lowest BCUT2D eigenvalue weighted by atomic mass is 10.2. The van der Waals surface area contributed by atoms with Crippen molar-refractivity contribution in [1.82, 2.24) is 14.9 Å². The molecule has 1 amide bonds. The number of nitrogens with one attached hydrogen (secondary N) is 3. The second-order valence-corrected chi connectivity index (χ2v) is 13.8. The summed E-state index contributed by atoms with van der Waals surface area (Å²) in [5.41, 5.74) is 2.61. The average molecular weight is 596 g/mol. The molecule has 12 heteroatoms. The highest BCUT2D eigenvalue weighted by Crippen LogP contribution is 2.41. The predicted molar refractivity (Wildman–Crippen MR) is 169 cm³/mol. The molecule has 2 aromatic carbocycles. The monoisotopic (exact) mass is 595 g/mol. The summed E-state index contributed by atoms with van der Waals surface area (Å²) in [4.78, 5) is 25.8. The number of aromatic nitrogens is 2. The summed E-state index contributed by atoms with van der Waals surface area (Å²) in [6, 6.07) is 11.4. The first-order valence-corrected chi connectivity index (χ1v) is 16.1. The summed E-state index contributed by atoms with van der Waals surface area (Å²) in [5, 5.41) is 10.3. The molecule has 0 spiro atoms. The molecule has 10 nitrogen and oxygen atoms in total. The first-order chi connectivity index (χ1) is 19.5. The van der Waals surface area contributed by atoms with Crippen LogP contribution in [0.15, 0.2) is 42.6 Å². The molecule has 1 aromatic heterocycles. The van der Waals surface area contributed by atoms with E-state index in [0.717, 1.165) is 25.2 Å². The lowest BCUT2D eigenvalue weighted by Gasteiger charge is -2.25. The molecular formula is C29H35ClN7O3P. The maximum atomic E-state index is 12.8. The number of likely N-dealkylation sites (N-methyl/N-ethyl adjacent to an activating group) is 1. The molecule has 1 unspecified atom stereocenters. The summed E-state index contributed by atoms with van der Waals surface area (Å²) < 4.78 is 18.6. The fourth-order valence-corrected chi connectivity index (χ4v) is 5.95. The smallest absolute Gasteiger partial charge is 0.300 e. The Hall–Kier alpha value is -3.77. The highest BCUT2D eigenvalue weighted by Gasteiger charge is 2.27. The van der Waals surface area contributed by atoms with E-state index in [1.165, 1.54) is 6.20 Å². The van der Waals surface area contributed by atoms with Crippen LogP contribution in [-0.2, 0) is 9.36 Å². The molecule has 3 N–H and O–H groups in total. The number of hydrogen-bond acceptors (Lipinski definition) is 9. The Bertz CT molecular complexity index is 1550. The molecule has 0 aliphatic carbocycles. The molecule has 216 valence electrons. The summed E-state index contributed by atoms with van der Waals surface area (Å²) in [7, 11) is 3.15. The normalized spacial score (nSPS) is 14.8. The summed E-state index contributed by atoms with van der Waals surface area (Å²) in [5.74, 6) is 5.91. The van der Waals surface area contributed by atoms with Crippen LogP contribution < -0.4 is 30.9 Å². The number of methoxy groups -OCH3 is 1. The van der Waals surface area contributed by atoms with Crippen LogP contribution in [0.1, 0.15) is 13.3 Å². The number of anilines is 6. The van der Waals surface area contributed by atoms with E-state index in [1.807, 2.05) is 30.3 Å². The molecule has 41 heavy (non-hydrogen) atoms. The van der Waals surface area contributed by atoms with E-state index < -0.39 is 13.0 Å². The quantitative estimate of drug-likeness (QED) is 0.233. The summed E-state index contributed by atoms with van der Waals surface area (Å²) >= 11 is 6.44. The minimum atomic E-state index is -2.56. The number of para-hydroxylation sites is 1. The number of ether oxygens (including phenoxy) is 1. The van der Waals surface area contributed by atoms with Gasteiger partial charge in [-0.3, -0.25) is 4.79 Å². The van der Waals surface area contributed by atoms with Gasteiger partial charge < -0.3 is 35.1 Å². The van der Waals surface area contributed by atoms with Gasteiger partial charge in [0.05, 0.1) is 36.1 Å². The van der Waals surface area contributed by atoms with Crippen molar-refractivity contribution < 1.29 is 14.1 Å². The number of nitrogens with zero attached hydrogens (tertiary/aromatic N) is 4. The van der Waals surface area contributed by atoms with E-state index in [2.05, 4.69) is 61.7 Å². The first-order valence-electron chi connectivity index (χ1n) is 13.1. The number of amides is 1. The molecule has 3 aromatic rings. The minimum absolute atomic E-state index is 0.246. The van der Waals surface area contributed by atoms with Gasteiger partial charge in [0, 0.05) is 30.5 Å². The molecule has 1 atom stereocenters. The van der Waals surface area contributed by atoms with E-state index in [9.17, 15) is 9.36 Å². The van der Waals surface area contributed by atoms with Crippen molar-refractivity contribution in [2.75, 3.05) is 68.5 Å². The molecule has 4 rings (SSSR count). The number of carbonyl (C=O) groups excluding carboxylic acids is 1. The van der Waals surface area contributed by atoms with Crippen LogP contribution in [-0.4, -0.2) is 74.4 Å². The van der Waals surface area contributed by atoms with Crippen LogP contribution >= 0.6 is 18.7 Å². The molecule has 1 saturated heterocycles. The van der Waals surface area contributed by atoms with Gasteiger partial charge in [-0.2, -0.15) is 4.98 Å². The summed E-state index contributed by atoms with van der Waals surface area (Å²) in [6.07, 6.45) is 2.48. The molecule has 0 bridgehead atoms. The number of halogens is 1. The highest BCUT2D eigenvalue weighted by atomic mass is 35.5. The van der Waals surface area contributed by atoms with Crippen molar-refractivity contribution in [2.24, 2.45) is 0 Å². The Kier molecular flexibility index (Phi) is 9.44. The molecule has 2 heterocycles. The van der Waals surface area contributed by atoms with Crippen LogP contribution in [0.25, 0.3) is 0 Å². The first kappa shape index (κ1) is 30.2. The third-order valence-corrected chi connectivity index (χ3v) is 8.59. The van der Waals surface area contributed by atoms with E-state index in [1.54, 1.807) is 33.4 Å². The maximum absolute atomic E-state index is 12.8. The molecule has 0 saturated carbocycles. The number of benzene rings is 2. The van der Waals surface area contributed by atoms with Gasteiger partial charge in [-0.15, -0.1) is 0 Å². The van der Waals surface area contributed by atoms with Crippen LogP contribution in [0.2, 0.25) is 5.02 Å². The van der Waals surface area contributed by atoms with Crippen LogP contribution in [0.3, 0.4) is 0 Å². The minimum Gasteiger partial charge on any atom is -0.494 e. The van der Waals surface area contributed by atoms with Gasteiger partial charge in [-0.1, -0.05) is 29.7 Å². The van der Waals surface area contributed by atoms with E-state index in [4.69, 9.17) is 16.3 Å². The van der Waals surface area contributed by atoms with Crippen LogP contribution in [0, 0.1) is 11.8 Å². The largest absolute Gasteiger partial charge is 0.494 e. The lowest BCUT2D eigenvalue weighted by molar-refractivity contribution is -0.111. The van der Waals surface area contributed by atoms with Crippen molar-refractivity contribution in [3.8, 4) is 17.6 Å². The Morgan fingerprint density at radius 1 is 1.17 bits per heavy atom. The predicted octanol–water partition coefficient (Wildman–Crippen LogP) is 4.98. The second kappa shape index (κ2) is 12.8. The van der Waals surface area contributed by atoms with Gasteiger partial charge in [-0.25, -0.2) is 4.98 Å². The topological polar surface area (TPSA) is 112 Å². The molecular weight excluding hydrogens is 561 g/mol. The molecule has 1 aliphatic heterocycles. The Morgan fingerprint density at radius 2 is 1.93 bits per heavy atom. The fraction of sp³-hybridized carbons (Fsp3) is 0.345.